The molecule has 88 valence electrons. The van der Waals surface area contributed by atoms with Crippen molar-refractivity contribution in [3.05, 3.63) is 0 Å². The number of amides is 1. The van der Waals surface area contributed by atoms with Gasteiger partial charge in [-0.15, -0.1) is 0 Å². The molecule has 0 saturated heterocycles. The van der Waals surface area contributed by atoms with Crippen LogP contribution in [0.25, 0.3) is 0 Å². The molecule has 4 N–H and O–H groups in total. The van der Waals surface area contributed by atoms with Crippen molar-refractivity contribution in [1.82, 2.24) is 5.32 Å². The van der Waals surface area contributed by atoms with Crippen LogP contribution in [0.4, 0.5) is 0 Å². The molecule has 0 spiro atoms. The molecule has 15 heavy (non-hydrogen) atoms. The maximum absolute atomic E-state index is 11.4. The molecule has 5 nitrogen and oxygen atoms in total. The minimum atomic E-state index is -0.918. The number of carboxylic acid groups (broad SMARTS) is 1. The lowest BCUT2D eigenvalue weighted by Crippen LogP contribution is -2.47. The Labute approximate surface area is 90.0 Å². The Morgan fingerprint density at radius 3 is 2.27 bits per heavy atom. The van der Waals surface area contributed by atoms with Crippen LogP contribution in [0.3, 0.4) is 0 Å². The summed E-state index contributed by atoms with van der Waals surface area (Å²) in [6, 6.07) is -0.910. The molecule has 0 bridgehead atoms. The van der Waals surface area contributed by atoms with Crippen LogP contribution in [0.15, 0.2) is 0 Å². The Bertz CT molecular complexity index is 229. The predicted molar refractivity (Wildman–Crippen MR) is 57.3 cm³/mol. The number of hydrogen-bond donors (Lipinski definition) is 3. The van der Waals surface area contributed by atoms with E-state index in [0.29, 0.717) is 6.42 Å². The zero-order chi connectivity index (χ0) is 12.0. The highest BCUT2D eigenvalue weighted by Crippen LogP contribution is 2.06. The molecule has 0 rings (SSSR count). The van der Waals surface area contributed by atoms with Gasteiger partial charge in [0.2, 0.25) is 5.91 Å². The Kier molecular flexibility index (Phi) is 5.93. The molecule has 0 aromatic heterocycles. The van der Waals surface area contributed by atoms with Gasteiger partial charge in [-0.2, -0.15) is 0 Å². The summed E-state index contributed by atoms with van der Waals surface area (Å²) >= 11 is 0. The first kappa shape index (κ1) is 13.9. The average molecular weight is 216 g/mol. The summed E-state index contributed by atoms with van der Waals surface area (Å²) in [5.74, 6) is -1.12. The summed E-state index contributed by atoms with van der Waals surface area (Å²) in [6.07, 6.45) is 0.476. The fourth-order valence-corrected chi connectivity index (χ4v) is 1.12. The Morgan fingerprint density at radius 1 is 1.40 bits per heavy atom. The summed E-state index contributed by atoms with van der Waals surface area (Å²) in [7, 11) is 0. The molecule has 0 heterocycles. The van der Waals surface area contributed by atoms with Gasteiger partial charge in [-0.1, -0.05) is 20.8 Å². The van der Waals surface area contributed by atoms with Crippen LogP contribution in [0, 0.1) is 5.92 Å². The Morgan fingerprint density at radius 2 is 1.93 bits per heavy atom. The van der Waals surface area contributed by atoms with Crippen LogP contribution in [0.2, 0.25) is 0 Å². The summed E-state index contributed by atoms with van der Waals surface area (Å²) in [6.45, 7) is 5.54. The molecular formula is C10H20N2O3. The van der Waals surface area contributed by atoms with Crippen LogP contribution in [0.5, 0.6) is 0 Å². The van der Waals surface area contributed by atoms with Crippen molar-refractivity contribution in [1.29, 1.82) is 0 Å². The number of carboxylic acids is 1. The largest absolute Gasteiger partial charge is 0.481 e. The molecule has 1 unspecified atom stereocenters. The number of carbonyl (C=O) groups excluding carboxylic acids is 1. The number of hydrogen-bond acceptors (Lipinski definition) is 3. The first-order valence-corrected chi connectivity index (χ1v) is 5.16. The second-order valence-electron chi connectivity index (χ2n) is 3.97. The number of carbonyl (C=O) groups is 2. The van der Waals surface area contributed by atoms with E-state index in [-0.39, 0.29) is 24.3 Å². The van der Waals surface area contributed by atoms with Crippen molar-refractivity contribution >= 4 is 11.9 Å². The van der Waals surface area contributed by atoms with Gasteiger partial charge in [0.15, 0.2) is 0 Å². The van der Waals surface area contributed by atoms with E-state index < -0.39 is 12.0 Å². The highest BCUT2D eigenvalue weighted by molar-refractivity contribution is 5.82. The van der Waals surface area contributed by atoms with Crippen LogP contribution in [-0.2, 0) is 9.59 Å². The highest BCUT2D eigenvalue weighted by Gasteiger charge is 2.21. The van der Waals surface area contributed by atoms with E-state index in [2.05, 4.69) is 5.32 Å². The third-order valence-electron chi connectivity index (χ3n) is 2.30. The summed E-state index contributed by atoms with van der Waals surface area (Å²) in [4.78, 5) is 22.0. The zero-order valence-corrected chi connectivity index (χ0v) is 9.49. The van der Waals surface area contributed by atoms with Crippen LogP contribution in [0.1, 0.15) is 33.6 Å². The van der Waals surface area contributed by atoms with Crippen molar-refractivity contribution in [3.63, 3.8) is 0 Å². The fourth-order valence-electron chi connectivity index (χ4n) is 1.12. The van der Waals surface area contributed by atoms with Crippen molar-refractivity contribution in [2.45, 2.75) is 45.7 Å². The van der Waals surface area contributed by atoms with Gasteiger partial charge in [-0.05, 0) is 12.3 Å². The minimum absolute atomic E-state index is 0.0696. The third-order valence-corrected chi connectivity index (χ3v) is 2.30. The highest BCUT2D eigenvalue weighted by atomic mass is 16.4. The molecular weight excluding hydrogens is 196 g/mol. The first-order valence-electron chi connectivity index (χ1n) is 5.16. The van der Waals surface area contributed by atoms with Crippen molar-refractivity contribution in [3.8, 4) is 0 Å². The maximum atomic E-state index is 11.4. The Balaban J connectivity index is 4.28. The van der Waals surface area contributed by atoms with Crippen LogP contribution in [-0.4, -0.2) is 29.1 Å². The molecule has 0 aliphatic carbocycles. The first-order chi connectivity index (χ1) is 6.88. The minimum Gasteiger partial charge on any atom is -0.481 e. The molecule has 5 heteroatoms. The number of nitrogens with one attached hydrogen (secondary N) is 1. The monoisotopic (exact) mass is 216 g/mol. The van der Waals surface area contributed by atoms with Crippen LogP contribution < -0.4 is 11.1 Å². The lowest BCUT2D eigenvalue weighted by Gasteiger charge is -2.22. The quantitative estimate of drug-likeness (QED) is 0.597. The van der Waals surface area contributed by atoms with Gasteiger partial charge >= 0.3 is 5.97 Å². The Hall–Kier alpha value is -1.10. The SMILES string of the molecule is CC[C@@H](N)C(=O)NC(CC(=O)O)C(C)C. The number of nitrogens with two attached hydrogens (primary N) is 1. The van der Waals surface area contributed by atoms with E-state index in [4.69, 9.17) is 10.8 Å². The van der Waals surface area contributed by atoms with Gasteiger partial charge in [-0.25, -0.2) is 0 Å². The van der Waals surface area contributed by atoms with E-state index >= 15 is 0 Å². The normalized spacial score (nSPS) is 14.7. The molecule has 0 fully saturated rings. The molecule has 0 radical (unpaired) electrons. The molecule has 0 aromatic rings. The van der Waals surface area contributed by atoms with Gasteiger partial charge in [0, 0.05) is 6.04 Å². The third kappa shape index (κ3) is 5.37. The predicted octanol–water partition coefficient (Wildman–Crippen LogP) is 0.339. The lowest BCUT2D eigenvalue weighted by molar-refractivity contribution is -0.138. The fraction of sp³-hybridized carbons (Fsp3) is 0.800. The smallest absolute Gasteiger partial charge is 0.305 e. The molecule has 0 aliphatic rings. The topological polar surface area (TPSA) is 92.4 Å². The standard InChI is InChI=1S/C10H20N2O3/c1-4-7(11)10(15)12-8(6(2)3)5-9(13)14/h6-8H,4-5,11H2,1-3H3,(H,12,15)(H,13,14)/t7-,8?/m1/s1. The number of aliphatic carboxylic acids is 1. The van der Waals surface area contributed by atoms with Gasteiger partial charge in [0.25, 0.3) is 0 Å². The molecule has 2 atom stereocenters. The lowest BCUT2D eigenvalue weighted by atomic mass is 10.0. The zero-order valence-electron chi connectivity index (χ0n) is 9.49. The molecule has 1 amide bonds. The maximum Gasteiger partial charge on any atom is 0.305 e. The molecule has 0 saturated carbocycles. The van der Waals surface area contributed by atoms with Gasteiger partial charge < -0.3 is 16.2 Å². The summed E-state index contributed by atoms with van der Waals surface area (Å²) < 4.78 is 0. The second kappa shape index (κ2) is 6.40. The van der Waals surface area contributed by atoms with Crippen molar-refractivity contribution in [2.75, 3.05) is 0 Å². The average Bonchev–Trinajstić information content (AvgIpc) is 2.14. The van der Waals surface area contributed by atoms with Crippen molar-refractivity contribution in [2.24, 2.45) is 11.7 Å². The van der Waals surface area contributed by atoms with Gasteiger partial charge in [-0.3, -0.25) is 9.59 Å². The van der Waals surface area contributed by atoms with E-state index in [0.717, 1.165) is 0 Å². The van der Waals surface area contributed by atoms with E-state index in [1.54, 1.807) is 0 Å². The number of rotatable bonds is 6. The molecule has 0 aromatic carbocycles. The van der Waals surface area contributed by atoms with Crippen LogP contribution >= 0.6 is 0 Å². The van der Waals surface area contributed by atoms with E-state index in [9.17, 15) is 9.59 Å². The molecule has 0 aliphatic heterocycles. The second-order valence-corrected chi connectivity index (χ2v) is 3.97. The van der Waals surface area contributed by atoms with E-state index in [1.165, 1.54) is 0 Å². The summed E-state index contributed by atoms with van der Waals surface area (Å²) in [5.41, 5.74) is 5.54. The van der Waals surface area contributed by atoms with Gasteiger partial charge in [0.1, 0.15) is 0 Å². The van der Waals surface area contributed by atoms with Gasteiger partial charge in [0.05, 0.1) is 12.5 Å². The summed E-state index contributed by atoms with van der Waals surface area (Å²) in [5, 5.41) is 11.3. The van der Waals surface area contributed by atoms with Crippen molar-refractivity contribution < 1.29 is 14.7 Å². The van der Waals surface area contributed by atoms with E-state index in [1.807, 2.05) is 20.8 Å².